The highest BCUT2D eigenvalue weighted by molar-refractivity contribution is 5.60. The summed E-state index contributed by atoms with van der Waals surface area (Å²) in [7, 11) is 0. The van der Waals surface area contributed by atoms with E-state index in [1.54, 1.807) is 13.8 Å². The van der Waals surface area contributed by atoms with Crippen LogP contribution in [0, 0.1) is 11.8 Å². The lowest BCUT2D eigenvalue weighted by molar-refractivity contribution is 0.0102. The maximum absolute atomic E-state index is 11.3. The molecule has 4 unspecified atom stereocenters. The Bertz CT molecular complexity index is 278. The summed E-state index contributed by atoms with van der Waals surface area (Å²) in [5.74, 6) is 0.207. The molecule has 2 aliphatic heterocycles. The molecule has 0 amide bonds. The summed E-state index contributed by atoms with van der Waals surface area (Å²) in [4.78, 5) is 11.3. The van der Waals surface area contributed by atoms with Crippen LogP contribution in [-0.4, -0.2) is 42.8 Å². The molecule has 4 atom stereocenters. The molecule has 5 heteroatoms. The fourth-order valence-corrected chi connectivity index (χ4v) is 2.75. The molecule has 0 aliphatic carbocycles. The van der Waals surface area contributed by atoms with Crippen LogP contribution < -0.4 is 0 Å². The van der Waals surface area contributed by atoms with Crippen LogP contribution in [0.5, 0.6) is 0 Å². The van der Waals surface area contributed by atoms with Crippen molar-refractivity contribution in [1.82, 2.24) is 0 Å². The molecular weight excluding hydrogens is 224 g/mol. The Labute approximate surface area is 101 Å². The highest BCUT2D eigenvalue weighted by Crippen LogP contribution is 2.43. The van der Waals surface area contributed by atoms with Crippen molar-refractivity contribution in [1.29, 1.82) is 0 Å². The Morgan fingerprint density at radius 1 is 1.35 bits per heavy atom. The Morgan fingerprint density at radius 2 is 2.00 bits per heavy atom. The van der Waals surface area contributed by atoms with Crippen molar-refractivity contribution in [2.24, 2.45) is 11.8 Å². The number of aliphatic hydroxyl groups is 1. The van der Waals surface area contributed by atoms with Gasteiger partial charge in [-0.15, -0.1) is 0 Å². The van der Waals surface area contributed by atoms with Crippen molar-refractivity contribution >= 4 is 6.16 Å². The molecule has 0 aromatic rings. The summed E-state index contributed by atoms with van der Waals surface area (Å²) in [6.45, 7) is 3.92. The number of aliphatic hydroxyl groups excluding tert-OH is 1. The Kier molecular flexibility index (Phi) is 3.89. The van der Waals surface area contributed by atoms with E-state index in [4.69, 9.17) is 14.2 Å². The van der Waals surface area contributed by atoms with Gasteiger partial charge in [-0.05, 0) is 26.7 Å². The van der Waals surface area contributed by atoms with E-state index in [1.807, 2.05) is 0 Å². The second kappa shape index (κ2) is 5.23. The molecule has 5 nitrogen and oxygen atoms in total. The van der Waals surface area contributed by atoms with Gasteiger partial charge in [0.25, 0.3) is 0 Å². The fourth-order valence-electron chi connectivity index (χ4n) is 2.75. The number of ether oxygens (including phenoxy) is 3. The first-order chi connectivity index (χ1) is 8.11. The molecule has 0 aromatic carbocycles. The molecule has 2 bridgehead atoms. The Morgan fingerprint density at radius 3 is 2.59 bits per heavy atom. The zero-order valence-corrected chi connectivity index (χ0v) is 10.3. The first-order valence-corrected chi connectivity index (χ1v) is 6.21. The van der Waals surface area contributed by atoms with Gasteiger partial charge in [0.1, 0.15) is 6.61 Å². The van der Waals surface area contributed by atoms with E-state index in [9.17, 15) is 9.90 Å². The van der Waals surface area contributed by atoms with E-state index in [0.717, 1.165) is 12.8 Å². The van der Waals surface area contributed by atoms with Gasteiger partial charge in [0.2, 0.25) is 0 Å². The van der Waals surface area contributed by atoms with Gasteiger partial charge in [-0.3, -0.25) is 0 Å². The Balaban J connectivity index is 1.80. The highest BCUT2D eigenvalue weighted by Gasteiger charge is 2.49. The van der Waals surface area contributed by atoms with Crippen molar-refractivity contribution in [3.63, 3.8) is 0 Å². The van der Waals surface area contributed by atoms with E-state index in [2.05, 4.69) is 0 Å². The average Bonchev–Trinajstić information content (AvgIpc) is 2.84. The minimum Gasteiger partial charge on any atom is -0.434 e. The van der Waals surface area contributed by atoms with Crippen LogP contribution in [0.2, 0.25) is 0 Å². The summed E-state index contributed by atoms with van der Waals surface area (Å²) in [6, 6.07) is 0. The molecule has 1 N–H and O–H groups in total. The van der Waals surface area contributed by atoms with Gasteiger partial charge in [0.15, 0.2) is 0 Å². The van der Waals surface area contributed by atoms with E-state index >= 15 is 0 Å². The molecule has 0 aromatic heterocycles. The molecule has 98 valence electrons. The number of fused-ring (bicyclic) bond motifs is 2. The van der Waals surface area contributed by atoms with Gasteiger partial charge in [0.05, 0.1) is 18.3 Å². The largest absolute Gasteiger partial charge is 0.508 e. The second-order valence-electron chi connectivity index (χ2n) is 5.03. The van der Waals surface area contributed by atoms with E-state index in [0.29, 0.717) is 0 Å². The summed E-state index contributed by atoms with van der Waals surface area (Å²) in [6.07, 6.45) is 1.45. The van der Waals surface area contributed by atoms with Crippen molar-refractivity contribution in [3.8, 4) is 0 Å². The quantitative estimate of drug-likeness (QED) is 0.756. The van der Waals surface area contributed by atoms with Gasteiger partial charge in [-0.25, -0.2) is 4.79 Å². The molecule has 2 aliphatic rings. The zero-order valence-electron chi connectivity index (χ0n) is 10.3. The van der Waals surface area contributed by atoms with E-state index in [-0.39, 0.29) is 43.4 Å². The zero-order chi connectivity index (χ0) is 12.4. The first-order valence-electron chi connectivity index (χ1n) is 6.21. The van der Waals surface area contributed by atoms with Crippen LogP contribution in [0.4, 0.5) is 4.79 Å². The maximum atomic E-state index is 11.3. The standard InChI is InChI=1S/C12H20O5/c1-7(2)16-12(14)15-6-9-8(5-13)10-3-4-11(9)17-10/h7-11,13H,3-6H2,1-2H3. The summed E-state index contributed by atoms with van der Waals surface area (Å²) < 4.78 is 15.7. The molecular formula is C12H20O5. The number of hydrogen-bond acceptors (Lipinski definition) is 5. The summed E-state index contributed by atoms with van der Waals surface area (Å²) >= 11 is 0. The van der Waals surface area contributed by atoms with Gasteiger partial charge in [-0.1, -0.05) is 0 Å². The predicted molar refractivity (Wildman–Crippen MR) is 59.5 cm³/mol. The van der Waals surface area contributed by atoms with Crippen LogP contribution in [-0.2, 0) is 14.2 Å². The normalized spacial score (nSPS) is 35.3. The number of carbonyl (C=O) groups is 1. The molecule has 2 rings (SSSR count). The van der Waals surface area contributed by atoms with Crippen LogP contribution in [0.1, 0.15) is 26.7 Å². The molecule has 0 radical (unpaired) electrons. The molecule has 2 fully saturated rings. The lowest BCUT2D eigenvalue weighted by Crippen LogP contribution is -2.34. The topological polar surface area (TPSA) is 65.0 Å². The highest BCUT2D eigenvalue weighted by atomic mass is 16.7. The van der Waals surface area contributed by atoms with Crippen LogP contribution in [0.3, 0.4) is 0 Å². The molecule has 0 saturated carbocycles. The fraction of sp³-hybridized carbons (Fsp3) is 0.917. The average molecular weight is 244 g/mol. The lowest BCUT2D eigenvalue weighted by atomic mass is 9.80. The summed E-state index contributed by atoms with van der Waals surface area (Å²) in [5, 5.41) is 9.32. The molecule has 17 heavy (non-hydrogen) atoms. The van der Waals surface area contributed by atoms with Crippen molar-refractivity contribution in [3.05, 3.63) is 0 Å². The van der Waals surface area contributed by atoms with E-state index < -0.39 is 6.16 Å². The van der Waals surface area contributed by atoms with Gasteiger partial charge in [0, 0.05) is 18.4 Å². The third-order valence-electron chi connectivity index (χ3n) is 3.53. The lowest BCUT2D eigenvalue weighted by Gasteiger charge is -2.25. The third-order valence-corrected chi connectivity index (χ3v) is 3.53. The molecule has 2 saturated heterocycles. The van der Waals surface area contributed by atoms with E-state index in [1.165, 1.54) is 0 Å². The van der Waals surface area contributed by atoms with Crippen molar-refractivity contribution in [2.75, 3.05) is 13.2 Å². The molecule has 0 spiro atoms. The minimum absolute atomic E-state index is 0.0917. The second-order valence-corrected chi connectivity index (χ2v) is 5.03. The van der Waals surface area contributed by atoms with Gasteiger partial charge in [-0.2, -0.15) is 0 Å². The third kappa shape index (κ3) is 2.72. The van der Waals surface area contributed by atoms with Crippen LogP contribution in [0.15, 0.2) is 0 Å². The molecule has 2 heterocycles. The van der Waals surface area contributed by atoms with Crippen molar-refractivity contribution in [2.45, 2.75) is 45.0 Å². The van der Waals surface area contributed by atoms with Gasteiger partial charge >= 0.3 is 6.16 Å². The number of carbonyl (C=O) groups excluding carboxylic acids is 1. The first kappa shape index (κ1) is 12.6. The van der Waals surface area contributed by atoms with Crippen LogP contribution >= 0.6 is 0 Å². The summed E-state index contributed by atoms with van der Waals surface area (Å²) in [5.41, 5.74) is 0. The monoisotopic (exact) mass is 244 g/mol. The SMILES string of the molecule is CC(C)OC(=O)OCC1C2CCC(O2)C1CO. The number of rotatable bonds is 4. The van der Waals surface area contributed by atoms with Crippen molar-refractivity contribution < 1.29 is 24.1 Å². The minimum atomic E-state index is -0.639. The predicted octanol–water partition coefficient (Wildman–Crippen LogP) is 1.33. The maximum Gasteiger partial charge on any atom is 0.508 e. The van der Waals surface area contributed by atoms with Gasteiger partial charge < -0.3 is 19.3 Å². The Hall–Kier alpha value is -0.810. The van der Waals surface area contributed by atoms with Crippen LogP contribution in [0.25, 0.3) is 0 Å². The number of hydrogen-bond donors (Lipinski definition) is 1. The smallest absolute Gasteiger partial charge is 0.434 e.